The zero-order valence-corrected chi connectivity index (χ0v) is 22.8. The number of nitrogens with one attached hydrogen (secondary N) is 2. The predicted octanol–water partition coefficient (Wildman–Crippen LogP) is 4.29. The molecule has 0 saturated carbocycles. The molecule has 36 heavy (non-hydrogen) atoms. The molecule has 1 amide bonds. The third-order valence-electron chi connectivity index (χ3n) is 5.97. The molecule has 0 aliphatic carbocycles. The van der Waals surface area contributed by atoms with Crippen LogP contribution >= 0.6 is 23.8 Å². The van der Waals surface area contributed by atoms with Gasteiger partial charge in [-0.15, -0.1) is 0 Å². The second-order valence-electron chi connectivity index (χ2n) is 9.48. The van der Waals surface area contributed by atoms with E-state index in [2.05, 4.69) is 43.9 Å². The van der Waals surface area contributed by atoms with E-state index in [0.717, 1.165) is 37.2 Å². The number of amides is 1. The Hall–Kier alpha value is -2.44. The van der Waals surface area contributed by atoms with Gasteiger partial charge in [-0.25, -0.2) is 18.1 Å². The molecule has 10 nitrogen and oxygen atoms in total. The lowest BCUT2D eigenvalue weighted by molar-refractivity contribution is -0.0618. The van der Waals surface area contributed by atoms with Crippen molar-refractivity contribution in [2.24, 2.45) is 0 Å². The van der Waals surface area contributed by atoms with Crippen LogP contribution in [0, 0.1) is 0 Å². The van der Waals surface area contributed by atoms with Gasteiger partial charge in [0.2, 0.25) is 0 Å². The van der Waals surface area contributed by atoms with Crippen molar-refractivity contribution in [3.63, 3.8) is 0 Å². The molecule has 0 radical (unpaired) electrons. The molecule has 1 saturated heterocycles. The maximum Gasteiger partial charge on any atom is 0.255 e. The van der Waals surface area contributed by atoms with E-state index in [1.54, 1.807) is 29.3 Å². The van der Waals surface area contributed by atoms with Gasteiger partial charge in [0.05, 0.1) is 39.9 Å². The van der Waals surface area contributed by atoms with Crippen LogP contribution in [0.1, 0.15) is 50.9 Å². The van der Waals surface area contributed by atoms with Gasteiger partial charge in [0.15, 0.2) is 5.65 Å². The van der Waals surface area contributed by atoms with Gasteiger partial charge in [-0.3, -0.25) is 9.78 Å². The van der Waals surface area contributed by atoms with E-state index in [9.17, 15) is 4.79 Å². The van der Waals surface area contributed by atoms with E-state index < -0.39 is 0 Å². The highest BCUT2D eigenvalue weighted by Gasteiger charge is 2.24. The van der Waals surface area contributed by atoms with Gasteiger partial charge in [0.1, 0.15) is 12.2 Å². The summed E-state index contributed by atoms with van der Waals surface area (Å²) in [5, 5.41) is 13.3. The van der Waals surface area contributed by atoms with Crippen molar-refractivity contribution in [3.05, 3.63) is 41.4 Å². The summed E-state index contributed by atoms with van der Waals surface area (Å²) < 4.78 is 9.49. The van der Waals surface area contributed by atoms with Gasteiger partial charge >= 0.3 is 0 Å². The maximum atomic E-state index is 13.2. The predicted molar refractivity (Wildman–Crippen MR) is 144 cm³/mol. The second kappa shape index (κ2) is 11.7. The molecule has 3 aromatic rings. The average molecular weight is 533 g/mol. The highest BCUT2D eigenvalue weighted by Crippen LogP contribution is 2.27. The molecule has 12 heteroatoms. The number of carbonyl (C=O) groups is 1. The first kappa shape index (κ1) is 26.6. The Morgan fingerprint density at radius 3 is 2.64 bits per heavy atom. The van der Waals surface area contributed by atoms with Gasteiger partial charge < -0.3 is 10.6 Å². The monoisotopic (exact) mass is 532 g/mol. The summed E-state index contributed by atoms with van der Waals surface area (Å²) in [7, 11) is 2.01. The lowest BCUT2D eigenvalue weighted by Gasteiger charge is -2.32. The molecule has 4 heterocycles. The van der Waals surface area contributed by atoms with Gasteiger partial charge in [-0.05, 0) is 53.7 Å². The molecular formula is C24H33ClN8O2S. The van der Waals surface area contributed by atoms with Gasteiger partial charge in [-0.1, -0.05) is 11.6 Å². The number of anilines is 1. The van der Waals surface area contributed by atoms with Crippen LogP contribution in [0.15, 0.2) is 30.9 Å². The van der Waals surface area contributed by atoms with E-state index in [-0.39, 0.29) is 18.0 Å². The number of hydroxylamine groups is 2. The first-order valence-electron chi connectivity index (χ1n) is 12.1. The highest BCUT2D eigenvalue weighted by molar-refractivity contribution is 7.92. The lowest BCUT2D eigenvalue weighted by Crippen LogP contribution is -2.44. The summed E-state index contributed by atoms with van der Waals surface area (Å²) in [4.78, 5) is 22.2. The second-order valence-corrected chi connectivity index (χ2v) is 10.8. The first-order chi connectivity index (χ1) is 17.2. The fourth-order valence-electron chi connectivity index (χ4n) is 3.77. The molecule has 3 aromatic heterocycles. The quantitative estimate of drug-likeness (QED) is 0.308. The Kier molecular flexibility index (Phi) is 8.68. The van der Waals surface area contributed by atoms with Gasteiger partial charge in [0.25, 0.3) is 5.91 Å². The van der Waals surface area contributed by atoms with E-state index in [1.165, 1.54) is 12.2 Å². The summed E-state index contributed by atoms with van der Waals surface area (Å²) >= 11 is 7.38. The molecule has 194 valence electrons. The van der Waals surface area contributed by atoms with Crippen molar-refractivity contribution < 1.29 is 9.08 Å². The van der Waals surface area contributed by atoms with Crippen LogP contribution in [0.4, 0.5) is 5.69 Å². The lowest BCUT2D eigenvalue weighted by atomic mass is 10.1. The van der Waals surface area contributed by atoms with Gasteiger partial charge in [-0.2, -0.15) is 10.2 Å². The Morgan fingerprint density at radius 2 is 1.94 bits per heavy atom. The third-order valence-corrected chi connectivity index (χ3v) is 7.10. The molecule has 0 bridgehead atoms. The average Bonchev–Trinajstić information content (AvgIpc) is 3.25. The smallest absolute Gasteiger partial charge is 0.255 e. The molecule has 2 N–H and O–H groups in total. The van der Waals surface area contributed by atoms with E-state index in [0.29, 0.717) is 28.0 Å². The zero-order valence-electron chi connectivity index (χ0n) is 21.2. The summed E-state index contributed by atoms with van der Waals surface area (Å²) in [6, 6.07) is 2.48. The molecule has 1 fully saturated rings. The number of carbonyl (C=O) groups excluding carboxylic acids is 1. The standard InChI is InChI=1S/C24H33ClN8O2S/c1-15(2)29-22-10-21(19-13-28-33-14-17(25)11-27-23(19)33)26-12-20(22)24(34)30-18-6-8-32(9-7-18)35-36-31(5)16(3)4/h10-16,18H,6-9H2,1-5H3,(H,26,29)(H,30,34). The van der Waals surface area contributed by atoms with Crippen LogP contribution in [-0.2, 0) is 4.28 Å². The van der Waals surface area contributed by atoms with Crippen molar-refractivity contribution >= 4 is 41.1 Å². The Bertz CT molecular complexity index is 1200. The van der Waals surface area contributed by atoms with Crippen molar-refractivity contribution in [3.8, 4) is 11.3 Å². The maximum absolute atomic E-state index is 13.2. The fraction of sp³-hybridized carbons (Fsp3) is 0.500. The largest absolute Gasteiger partial charge is 0.382 e. The third kappa shape index (κ3) is 6.46. The Balaban J connectivity index is 1.44. The van der Waals surface area contributed by atoms with E-state index in [1.807, 2.05) is 32.0 Å². The number of rotatable bonds is 9. The summed E-state index contributed by atoms with van der Waals surface area (Å²) in [5.74, 6) is -0.143. The van der Waals surface area contributed by atoms with Crippen LogP contribution in [0.3, 0.4) is 0 Å². The van der Waals surface area contributed by atoms with Crippen molar-refractivity contribution in [1.29, 1.82) is 0 Å². The van der Waals surface area contributed by atoms with Crippen LogP contribution in [0.2, 0.25) is 5.02 Å². The normalized spacial score (nSPS) is 15.4. The number of hydrogen-bond acceptors (Lipinski definition) is 9. The number of nitrogens with zero attached hydrogens (tertiary/aromatic N) is 6. The number of hydrogen-bond donors (Lipinski definition) is 2. The summed E-state index contributed by atoms with van der Waals surface area (Å²) in [6.45, 7) is 9.81. The molecule has 1 aliphatic rings. The number of fused-ring (bicyclic) bond motifs is 1. The number of pyridine rings is 1. The Morgan fingerprint density at radius 1 is 1.19 bits per heavy atom. The minimum absolute atomic E-state index is 0.0744. The van der Waals surface area contributed by atoms with Crippen molar-refractivity contribution in [2.45, 2.75) is 58.7 Å². The molecule has 4 rings (SSSR count). The van der Waals surface area contributed by atoms with Crippen LogP contribution < -0.4 is 10.6 Å². The molecule has 0 unspecified atom stereocenters. The summed E-state index contributed by atoms with van der Waals surface area (Å²) in [5.41, 5.74) is 3.31. The molecule has 0 spiro atoms. The number of aromatic nitrogens is 4. The van der Waals surface area contributed by atoms with E-state index in [4.69, 9.17) is 15.9 Å². The molecule has 1 aliphatic heterocycles. The number of halogens is 1. The topological polar surface area (TPSA) is 99.9 Å². The van der Waals surface area contributed by atoms with Crippen LogP contribution in [-0.4, -0.2) is 73.1 Å². The molecule has 0 atom stereocenters. The van der Waals surface area contributed by atoms with Crippen molar-refractivity contribution in [1.82, 2.24) is 34.3 Å². The van der Waals surface area contributed by atoms with Crippen molar-refractivity contribution in [2.75, 3.05) is 25.5 Å². The summed E-state index contributed by atoms with van der Waals surface area (Å²) in [6.07, 6.45) is 8.22. The minimum Gasteiger partial charge on any atom is -0.382 e. The zero-order chi connectivity index (χ0) is 25.8. The number of piperidine rings is 1. The highest BCUT2D eigenvalue weighted by atomic mass is 35.5. The first-order valence-corrected chi connectivity index (χ1v) is 13.2. The minimum atomic E-state index is -0.143. The SMILES string of the molecule is CC(C)Nc1cc(-c2cnn3cc(Cl)cnc23)ncc1C(=O)NC1CCN(OSN(C)C(C)C)CC1. The van der Waals surface area contributed by atoms with Crippen LogP contribution in [0.5, 0.6) is 0 Å². The van der Waals surface area contributed by atoms with E-state index >= 15 is 0 Å². The fourth-order valence-corrected chi connectivity index (χ4v) is 4.43. The molecule has 0 aromatic carbocycles. The van der Waals surface area contributed by atoms with Crippen LogP contribution in [0.25, 0.3) is 16.9 Å². The Labute approximate surface area is 221 Å². The molecular weight excluding hydrogens is 500 g/mol. The van der Waals surface area contributed by atoms with Gasteiger partial charge in [0, 0.05) is 43.6 Å².